The first kappa shape index (κ1) is 39.1. The van der Waals surface area contributed by atoms with Crippen LogP contribution in [-0.4, -0.2) is 67.6 Å². The molecule has 0 radical (unpaired) electrons. The normalized spacial score (nSPS) is 16.6. The highest BCUT2D eigenvalue weighted by atomic mass is 32.2. The molecule has 1 heterocycles. The van der Waals surface area contributed by atoms with Crippen molar-refractivity contribution in [3.8, 4) is 5.75 Å². The molecular weight excluding hydrogens is 669 g/mol. The van der Waals surface area contributed by atoms with E-state index in [1.165, 1.54) is 0 Å². The van der Waals surface area contributed by atoms with Gasteiger partial charge in [0.25, 0.3) is 0 Å². The van der Waals surface area contributed by atoms with E-state index in [0.717, 1.165) is 34.7 Å². The number of nitrogens with one attached hydrogen (secondary N) is 3. The Bertz CT molecular complexity index is 1760. The number of methoxy groups -OCH3 is 1. The van der Waals surface area contributed by atoms with E-state index in [-0.39, 0.29) is 37.5 Å². The summed E-state index contributed by atoms with van der Waals surface area (Å²) >= 11 is 0. The van der Waals surface area contributed by atoms with Crippen molar-refractivity contribution in [2.75, 3.05) is 13.7 Å². The van der Waals surface area contributed by atoms with E-state index in [9.17, 15) is 27.6 Å². The Morgan fingerprint density at radius 3 is 1.98 bits per heavy atom. The minimum atomic E-state index is -3.91. The number of nitrogens with zero attached hydrogens (tertiary/aromatic N) is 1. The lowest BCUT2D eigenvalue weighted by Crippen LogP contribution is -2.55. The third-order valence-electron chi connectivity index (χ3n) is 8.77. The van der Waals surface area contributed by atoms with E-state index in [1.807, 2.05) is 30.3 Å². The molecule has 11 nitrogen and oxygen atoms in total. The van der Waals surface area contributed by atoms with E-state index < -0.39 is 44.7 Å². The second kappa shape index (κ2) is 17.5. The molecule has 0 aromatic heterocycles. The third kappa shape index (κ3) is 10.6. The van der Waals surface area contributed by atoms with Crippen molar-refractivity contribution in [1.82, 2.24) is 20.3 Å². The standard InChI is InChI=1S/C39H50N4O7S/c1-6-7-11-22-40-37(46)32(24-28-14-18-30(19-15-28)34-26-36(45)43(39(2,3)4)51(34,48)49)42-38(47)33(23-27-12-9-8-10-13-27)41-35(44)25-29-16-20-31(50-5)21-17-29/h8-10,12-21,32-34H,6-7,11,22-26H2,1-5H3,(H,40,46)(H,41,44)(H,42,47)/t32?,33-,34-/m0/s1. The smallest absolute Gasteiger partial charge is 0.245 e. The average molecular weight is 719 g/mol. The van der Waals surface area contributed by atoms with Crippen LogP contribution in [-0.2, 0) is 48.5 Å². The fourth-order valence-corrected chi connectivity index (χ4v) is 8.42. The van der Waals surface area contributed by atoms with Gasteiger partial charge in [-0.25, -0.2) is 12.7 Å². The lowest BCUT2D eigenvalue weighted by atomic mass is 10.00. The van der Waals surface area contributed by atoms with Gasteiger partial charge < -0.3 is 20.7 Å². The van der Waals surface area contributed by atoms with Gasteiger partial charge in [0.05, 0.1) is 25.5 Å². The highest BCUT2D eigenvalue weighted by molar-refractivity contribution is 7.90. The molecule has 3 aromatic rings. The first-order chi connectivity index (χ1) is 24.2. The molecule has 274 valence electrons. The van der Waals surface area contributed by atoms with Crippen LogP contribution >= 0.6 is 0 Å². The van der Waals surface area contributed by atoms with Crippen molar-refractivity contribution >= 4 is 33.7 Å². The number of rotatable bonds is 16. The van der Waals surface area contributed by atoms with Crippen LogP contribution in [0.3, 0.4) is 0 Å². The number of carbonyl (C=O) groups excluding carboxylic acids is 4. The van der Waals surface area contributed by atoms with Crippen molar-refractivity contribution in [2.45, 2.75) is 95.5 Å². The summed E-state index contributed by atoms with van der Waals surface area (Å²) in [5.41, 5.74) is 1.87. The van der Waals surface area contributed by atoms with E-state index in [1.54, 1.807) is 76.4 Å². The summed E-state index contributed by atoms with van der Waals surface area (Å²) < 4.78 is 32.9. The fourth-order valence-electron chi connectivity index (χ4n) is 6.19. The highest BCUT2D eigenvalue weighted by Gasteiger charge is 2.49. The summed E-state index contributed by atoms with van der Waals surface area (Å²) in [5.74, 6) is -1.00. The second-order valence-corrected chi connectivity index (χ2v) is 15.9. The Labute approximate surface area is 301 Å². The molecule has 1 saturated heterocycles. The van der Waals surface area contributed by atoms with Crippen molar-refractivity contribution < 1.29 is 32.3 Å². The van der Waals surface area contributed by atoms with Crippen LogP contribution in [0, 0.1) is 0 Å². The zero-order valence-electron chi connectivity index (χ0n) is 30.1. The van der Waals surface area contributed by atoms with Crippen LogP contribution in [0.5, 0.6) is 5.75 Å². The summed E-state index contributed by atoms with van der Waals surface area (Å²) in [6, 6.07) is 21.2. The summed E-state index contributed by atoms with van der Waals surface area (Å²) in [4.78, 5) is 53.4. The van der Waals surface area contributed by atoms with Gasteiger partial charge in [0.2, 0.25) is 33.7 Å². The van der Waals surface area contributed by atoms with Gasteiger partial charge in [0.15, 0.2) is 0 Å². The molecule has 1 aliphatic heterocycles. The summed E-state index contributed by atoms with van der Waals surface area (Å²) in [6.07, 6.45) is 2.94. The van der Waals surface area contributed by atoms with Gasteiger partial charge >= 0.3 is 0 Å². The minimum Gasteiger partial charge on any atom is -0.497 e. The number of amides is 4. The monoisotopic (exact) mass is 718 g/mol. The fraction of sp³-hybridized carbons (Fsp3) is 0.436. The van der Waals surface area contributed by atoms with E-state index in [0.29, 0.717) is 23.4 Å². The molecule has 0 aliphatic carbocycles. The largest absolute Gasteiger partial charge is 0.497 e. The second-order valence-electron chi connectivity index (χ2n) is 13.9. The molecule has 51 heavy (non-hydrogen) atoms. The molecule has 0 spiro atoms. The molecule has 1 fully saturated rings. The summed E-state index contributed by atoms with van der Waals surface area (Å²) in [5, 5.41) is 7.69. The molecular formula is C39H50N4O7S. The van der Waals surface area contributed by atoms with Crippen molar-refractivity contribution in [3.63, 3.8) is 0 Å². The first-order valence-corrected chi connectivity index (χ1v) is 18.9. The van der Waals surface area contributed by atoms with Crippen LogP contribution in [0.4, 0.5) is 0 Å². The van der Waals surface area contributed by atoms with Gasteiger partial charge in [-0.2, -0.15) is 0 Å². The van der Waals surface area contributed by atoms with Crippen molar-refractivity contribution in [1.29, 1.82) is 0 Å². The molecule has 3 N–H and O–H groups in total. The molecule has 4 rings (SSSR count). The van der Waals surface area contributed by atoms with Crippen LogP contribution < -0.4 is 20.7 Å². The highest BCUT2D eigenvalue weighted by Crippen LogP contribution is 2.40. The topological polar surface area (TPSA) is 151 Å². The molecule has 3 aromatic carbocycles. The number of sulfonamides is 1. The van der Waals surface area contributed by atoms with Crippen molar-refractivity contribution in [2.24, 2.45) is 0 Å². The maximum Gasteiger partial charge on any atom is 0.245 e. The molecule has 1 unspecified atom stereocenters. The number of unbranched alkanes of at least 4 members (excludes halogenated alkanes) is 2. The first-order valence-electron chi connectivity index (χ1n) is 17.4. The SMILES string of the molecule is CCCCCNC(=O)C(Cc1ccc([C@@H]2CC(=O)N(C(C)(C)C)S2(=O)=O)cc1)NC(=O)[C@H](Cc1ccccc1)NC(=O)Cc1ccc(OC)cc1. The Balaban J connectivity index is 1.53. The van der Waals surface area contributed by atoms with Crippen LogP contribution in [0.2, 0.25) is 0 Å². The minimum absolute atomic E-state index is 0.0477. The molecule has 4 amide bonds. The van der Waals surface area contributed by atoms with E-state index in [2.05, 4.69) is 22.9 Å². The molecule has 1 aliphatic rings. The number of hydrogen-bond acceptors (Lipinski definition) is 7. The predicted octanol–water partition coefficient (Wildman–Crippen LogP) is 4.40. The molecule has 3 atom stereocenters. The van der Waals surface area contributed by atoms with E-state index in [4.69, 9.17) is 4.74 Å². The Morgan fingerprint density at radius 2 is 1.41 bits per heavy atom. The maximum absolute atomic E-state index is 13.9. The van der Waals surface area contributed by atoms with Crippen LogP contribution in [0.15, 0.2) is 78.9 Å². The van der Waals surface area contributed by atoms with Gasteiger partial charge in [-0.05, 0) is 61.6 Å². The zero-order valence-corrected chi connectivity index (χ0v) is 30.9. The Morgan fingerprint density at radius 1 is 0.824 bits per heavy atom. The van der Waals surface area contributed by atoms with Crippen LogP contribution in [0.1, 0.15) is 80.9 Å². The van der Waals surface area contributed by atoms with Gasteiger partial charge in [0, 0.05) is 19.4 Å². The number of carbonyl (C=O) groups is 4. The molecule has 0 saturated carbocycles. The average Bonchev–Trinajstić information content (AvgIpc) is 3.34. The van der Waals surface area contributed by atoms with Crippen molar-refractivity contribution in [3.05, 3.63) is 101 Å². The lowest BCUT2D eigenvalue weighted by molar-refractivity contribution is -0.132. The van der Waals surface area contributed by atoms with Gasteiger partial charge in [-0.1, -0.05) is 86.5 Å². The Hall–Kier alpha value is -4.71. The zero-order chi connectivity index (χ0) is 37.2. The van der Waals surface area contributed by atoms with E-state index >= 15 is 0 Å². The lowest BCUT2D eigenvalue weighted by Gasteiger charge is -2.30. The Kier molecular flexibility index (Phi) is 13.4. The quantitative estimate of drug-likeness (QED) is 0.186. The van der Waals surface area contributed by atoms with Crippen LogP contribution in [0.25, 0.3) is 0 Å². The predicted molar refractivity (Wildman–Crippen MR) is 196 cm³/mol. The maximum atomic E-state index is 13.9. The molecule has 0 bridgehead atoms. The third-order valence-corrected chi connectivity index (χ3v) is 11.2. The number of hydrogen-bond donors (Lipinski definition) is 3. The van der Waals surface area contributed by atoms with Gasteiger partial charge in [-0.3, -0.25) is 19.2 Å². The molecule has 12 heteroatoms. The number of ether oxygens (including phenoxy) is 1. The van der Waals surface area contributed by atoms with Gasteiger partial charge in [0.1, 0.15) is 23.1 Å². The summed E-state index contributed by atoms with van der Waals surface area (Å²) in [6.45, 7) is 7.57. The number of benzene rings is 3. The van der Waals surface area contributed by atoms with Gasteiger partial charge in [-0.15, -0.1) is 0 Å². The summed E-state index contributed by atoms with van der Waals surface area (Å²) in [7, 11) is -2.35.